The summed E-state index contributed by atoms with van der Waals surface area (Å²) < 4.78 is 25.4. The number of rotatable bonds is 22. The summed E-state index contributed by atoms with van der Waals surface area (Å²) in [7, 11) is -4.70. The number of phosphoric acid groups is 1. The molecule has 190 valence electrons. The van der Waals surface area contributed by atoms with Gasteiger partial charge in [-0.3, -0.25) is 14.1 Å². The summed E-state index contributed by atoms with van der Waals surface area (Å²) in [6.07, 6.45) is 15.8. The van der Waals surface area contributed by atoms with Gasteiger partial charge >= 0.3 is 19.8 Å². The first kappa shape index (κ1) is 31.0. The molecule has 0 saturated carbocycles. The van der Waals surface area contributed by atoms with E-state index in [1.54, 1.807) is 6.92 Å². The highest BCUT2D eigenvalue weighted by Crippen LogP contribution is 2.35. The molecule has 0 radical (unpaired) electrons. The molecule has 0 fully saturated rings. The molecule has 8 nitrogen and oxygen atoms in total. The minimum atomic E-state index is -4.70. The lowest BCUT2D eigenvalue weighted by Crippen LogP contribution is -2.29. The topological polar surface area (TPSA) is 119 Å². The molecular formula is C23H45O8P. The third kappa shape index (κ3) is 22.3. The lowest BCUT2D eigenvalue weighted by atomic mass is 10.0. The Balaban J connectivity index is 3.80. The van der Waals surface area contributed by atoms with Gasteiger partial charge in [0, 0.05) is 12.8 Å². The second kappa shape index (κ2) is 20.6. The molecular weight excluding hydrogens is 435 g/mol. The third-order valence-electron chi connectivity index (χ3n) is 5.10. The van der Waals surface area contributed by atoms with E-state index in [-0.39, 0.29) is 19.4 Å². The van der Waals surface area contributed by atoms with Crippen molar-refractivity contribution in [1.82, 2.24) is 0 Å². The van der Waals surface area contributed by atoms with Crippen LogP contribution in [0.4, 0.5) is 0 Å². The minimum absolute atomic E-state index is 0.166. The van der Waals surface area contributed by atoms with Crippen LogP contribution in [0, 0.1) is 0 Å². The Labute approximate surface area is 194 Å². The van der Waals surface area contributed by atoms with Crippen molar-refractivity contribution in [1.29, 1.82) is 0 Å². The fraction of sp³-hybridized carbons (Fsp3) is 0.913. The van der Waals surface area contributed by atoms with Crippen LogP contribution in [0.3, 0.4) is 0 Å². The van der Waals surface area contributed by atoms with E-state index in [0.29, 0.717) is 6.42 Å². The number of phosphoric ester groups is 1. The molecule has 0 unspecified atom stereocenters. The van der Waals surface area contributed by atoms with Crippen molar-refractivity contribution in [3.05, 3.63) is 0 Å². The third-order valence-corrected chi connectivity index (χ3v) is 5.58. The number of unbranched alkanes of at least 4 members (excludes halogenated alkanes) is 12. The molecule has 9 heteroatoms. The SMILES string of the molecule is CCCCCCCCCCCCCCCC(=O)OC[C@H](COP(=O)(O)O)OC(=O)CCC. The lowest BCUT2D eigenvalue weighted by molar-refractivity contribution is -0.161. The van der Waals surface area contributed by atoms with E-state index in [2.05, 4.69) is 11.4 Å². The first-order valence-corrected chi connectivity index (χ1v) is 13.9. The van der Waals surface area contributed by atoms with Crippen LogP contribution in [-0.4, -0.2) is 41.0 Å². The van der Waals surface area contributed by atoms with Crippen LogP contribution in [0.5, 0.6) is 0 Å². The molecule has 0 aliphatic carbocycles. The van der Waals surface area contributed by atoms with E-state index in [1.807, 2.05) is 0 Å². The first-order chi connectivity index (χ1) is 15.3. The van der Waals surface area contributed by atoms with Gasteiger partial charge in [0.15, 0.2) is 6.10 Å². The fourth-order valence-electron chi connectivity index (χ4n) is 3.29. The van der Waals surface area contributed by atoms with Crippen LogP contribution >= 0.6 is 7.82 Å². The standard InChI is InChI=1S/C23H45O8P/c1-3-5-6-7-8-9-10-11-12-13-14-15-16-18-22(24)29-19-21(20-30-32(26,27)28)31-23(25)17-4-2/h21H,3-20H2,1-2H3,(H2,26,27,28)/t21-/m1/s1. The normalized spacial score (nSPS) is 12.5. The summed E-state index contributed by atoms with van der Waals surface area (Å²) in [5, 5.41) is 0. The van der Waals surface area contributed by atoms with Gasteiger partial charge in [-0.25, -0.2) is 4.57 Å². The number of hydrogen-bond acceptors (Lipinski definition) is 6. The number of carbonyl (C=O) groups is 2. The molecule has 2 N–H and O–H groups in total. The molecule has 0 bridgehead atoms. The van der Waals surface area contributed by atoms with Crippen molar-refractivity contribution in [3.63, 3.8) is 0 Å². The molecule has 0 aromatic carbocycles. The van der Waals surface area contributed by atoms with Gasteiger partial charge < -0.3 is 19.3 Å². The van der Waals surface area contributed by atoms with Crippen LogP contribution in [-0.2, 0) is 28.2 Å². The van der Waals surface area contributed by atoms with Crippen molar-refractivity contribution >= 4 is 19.8 Å². The Morgan fingerprint density at radius 1 is 0.688 bits per heavy atom. The lowest BCUT2D eigenvalue weighted by Gasteiger charge is -2.18. The molecule has 32 heavy (non-hydrogen) atoms. The number of carbonyl (C=O) groups excluding carboxylic acids is 2. The van der Waals surface area contributed by atoms with E-state index >= 15 is 0 Å². The van der Waals surface area contributed by atoms with Gasteiger partial charge in [-0.1, -0.05) is 90.9 Å². The van der Waals surface area contributed by atoms with E-state index in [9.17, 15) is 14.2 Å². The van der Waals surface area contributed by atoms with Crippen molar-refractivity contribution < 1.29 is 37.9 Å². The van der Waals surface area contributed by atoms with Crippen LogP contribution < -0.4 is 0 Å². The Morgan fingerprint density at radius 2 is 1.19 bits per heavy atom. The molecule has 0 aromatic heterocycles. The van der Waals surface area contributed by atoms with Crippen molar-refractivity contribution in [2.24, 2.45) is 0 Å². The zero-order valence-corrected chi connectivity index (χ0v) is 21.0. The van der Waals surface area contributed by atoms with E-state index < -0.39 is 32.5 Å². The molecule has 0 aliphatic rings. The fourth-order valence-corrected chi connectivity index (χ4v) is 3.65. The van der Waals surface area contributed by atoms with Gasteiger partial charge in [0.2, 0.25) is 0 Å². The summed E-state index contributed by atoms with van der Waals surface area (Å²) >= 11 is 0. The largest absolute Gasteiger partial charge is 0.469 e. The Bertz CT molecular complexity index is 520. The number of esters is 2. The first-order valence-electron chi connectivity index (χ1n) is 12.3. The molecule has 0 aliphatic heterocycles. The summed E-state index contributed by atoms with van der Waals surface area (Å²) in [5.41, 5.74) is 0. The predicted molar refractivity (Wildman–Crippen MR) is 124 cm³/mol. The summed E-state index contributed by atoms with van der Waals surface area (Å²) in [5.74, 6) is -0.944. The van der Waals surface area contributed by atoms with Crippen LogP contribution in [0.25, 0.3) is 0 Å². The van der Waals surface area contributed by atoms with Crippen LogP contribution in [0.2, 0.25) is 0 Å². The monoisotopic (exact) mass is 480 g/mol. The molecule has 0 heterocycles. The van der Waals surface area contributed by atoms with E-state index in [0.717, 1.165) is 19.3 Å². The van der Waals surface area contributed by atoms with Gasteiger partial charge in [-0.15, -0.1) is 0 Å². The zero-order chi connectivity index (χ0) is 24.1. The second-order valence-electron chi connectivity index (χ2n) is 8.32. The number of ether oxygens (including phenoxy) is 2. The zero-order valence-electron chi connectivity index (χ0n) is 20.1. The van der Waals surface area contributed by atoms with Crippen molar-refractivity contribution in [2.45, 2.75) is 123 Å². The maximum Gasteiger partial charge on any atom is 0.469 e. The van der Waals surface area contributed by atoms with Gasteiger partial charge in [-0.2, -0.15) is 0 Å². The summed E-state index contributed by atoms with van der Waals surface area (Å²) in [6, 6.07) is 0. The Morgan fingerprint density at radius 3 is 1.66 bits per heavy atom. The van der Waals surface area contributed by atoms with E-state index in [4.69, 9.17) is 19.3 Å². The Hall–Kier alpha value is -0.950. The summed E-state index contributed by atoms with van der Waals surface area (Å²) in [6.45, 7) is 3.22. The highest BCUT2D eigenvalue weighted by atomic mass is 31.2. The average Bonchev–Trinajstić information content (AvgIpc) is 2.73. The molecule has 0 aromatic rings. The smallest absolute Gasteiger partial charge is 0.462 e. The maximum absolute atomic E-state index is 11.9. The molecule has 1 atom stereocenters. The number of hydrogen-bond donors (Lipinski definition) is 2. The highest BCUT2D eigenvalue weighted by Gasteiger charge is 2.22. The Kier molecular flexibility index (Phi) is 20.0. The maximum atomic E-state index is 11.9. The van der Waals surface area contributed by atoms with Crippen molar-refractivity contribution in [3.8, 4) is 0 Å². The summed E-state index contributed by atoms with van der Waals surface area (Å²) in [4.78, 5) is 41.1. The molecule has 0 saturated heterocycles. The van der Waals surface area contributed by atoms with Gasteiger partial charge in [0.25, 0.3) is 0 Å². The van der Waals surface area contributed by atoms with Crippen LogP contribution in [0.15, 0.2) is 0 Å². The van der Waals surface area contributed by atoms with E-state index in [1.165, 1.54) is 64.2 Å². The predicted octanol–water partition coefficient (Wildman–Crippen LogP) is 5.83. The van der Waals surface area contributed by atoms with Crippen molar-refractivity contribution in [2.75, 3.05) is 13.2 Å². The average molecular weight is 481 g/mol. The second-order valence-corrected chi connectivity index (χ2v) is 9.56. The van der Waals surface area contributed by atoms with Gasteiger partial charge in [-0.05, 0) is 12.8 Å². The van der Waals surface area contributed by atoms with Gasteiger partial charge in [0.1, 0.15) is 6.61 Å². The minimum Gasteiger partial charge on any atom is -0.462 e. The molecule has 0 amide bonds. The van der Waals surface area contributed by atoms with Crippen LogP contribution in [0.1, 0.15) is 117 Å². The van der Waals surface area contributed by atoms with Gasteiger partial charge in [0.05, 0.1) is 6.61 Å². The highest BCUT2D eigenvalue weighted by molar-refractivity contribution is 7.46. The molecule has 0 rings (SSSR count). The quantitative estimate of drug-likeness (QED) is 0.113. The molecule has 0 spiro atoms.